The van der Waals surface area contributed by atoms with Gasteiger partial charge in [-0.3, -0.25) is 4.68 Å². The normalized spacial score (nSPS) is 12.6. The molecule has 3 nitrogen and oxygen atoms in total. The van der Waals surface area contributed by atoms with Crippen molar-refractivity contribution in [3.05, 3.63) is 50.7 Å². The number of aryl methyl sites for hydroxylation is 2. The van der Waals surface area contributed by atoms with Crippen LogP contribution in [0.3, 0.4) is 0 Å². The lowest BCUT2D eigenvalue weighted by Crippen LogP contribution is -2.26. The Morgan fingerprint density at radius 1 is 1.38 bits per heavy atom. The van der Waals surface area contributed by atoms with E-state index in [1.165, 1.54) is 11.1 Å². The molecule has 0 aliphatic carbocycles. The van der Waals surface area contributed by atoms with Gasteiger partial charge in [0.05, 0.1) is 23.0 Å². The average Bonchev–Trinajstić information content (AvgIpc) is 2.84. The number of nitrogens with zero attached hydrogens (tertiary/aromatic N) is 2. The molecule has 2 rings (SSSR count). The van der Waals surface area contributed by atoms with Crippen molar-refractivity contribution in [2.75, 3.05) is 6.54 Å². The fraction of sp³-hybridized carbons (Fsp3) is 0.438. The lowest BCUT2D eigenvalue weighted by Gasteiger charge is -2.21. The van der Waals surface area contributed by atoms with Crippen LogP contribution in [0.5, 0.6) is 0 Å². The number of halogens is 2. The zero-order valence-corrected chi connectivity index (χ0v) is 15.0. The molecule has 0 fully saturated rings. The molecule has 1 atom stereocenters. The summed E-state index contributed by atoms with van der Waals surface area (Å²) in [6.45, 7) is 8.09. The Kier molecular flexibility index (Phi) is 5.85. The Labute approximate surface area is 139 Å². The van der Waals surface area contributed by atoms with Crippen molar-refractivity contribution in [1.29, 1.82) is 0 Å². The van der Waals surface area contributed by atoms with E-state index in [1.54, 1.807) is 6.20 Å². The summed E-state index contributed by atoms with van der Waals surface area (Å²) in [6, 6.07) is 6.48. The number of hydrogen-bond donors (Lipinski definition) is 1. The summed E-state index contributed by atoms with van der Waals surface area (Å²) in [6.07, 6.45) is 2.80. The maximum absolute atomic E-state index is 6.39. The van der Waals surface area contributed by atoms with Crippen LogP contribution < -0.4 is 5.32 Å². The number of nitrogens with one attached hydrogen (secondary N) is 1. The predicted molar refractivity (Wildman–Crippen MR) is 91.9 cm³/mol. The third-order valence-corrected chi connectivity index (χ3v) is 4.70. The molecule has 0 saturated carbocycles. The highest BCUT2D eigenvalue weighted by atomic mass is 79.9. The second-order valence-electron chi connectivity index (χ2n) is 5.09. The van der Waals surface area contributed by atoms with Crippen LogP contribution in [-0.4, -0.2) is 16.3 Å². The molecule has 1 aromatic carbocycles. The first kappa shape index (κ1) is 16.5. The van der Waals surface area contributed by atoms with Gasteiger partial charge in [-0.1, -0.05) is 46.6 Å². The summed E-state index contributed by atoms with van der Waals surface area (Å²) >= 11 is 9.94. The largest absolute Gasteiger partial charge is 0.305 e. The summed E-state index contributed by atoms with van der Waals surface area (Å²) in [5.74, 6) is 0. The standard InChI is InChI=1S/C16H21BrClN3/c1-4-8-19-15(12-6-7-13(17)11(3)9-12)16-14(18)10-20-21(16)5-2/h6-7,9-10,15,19H,4-5,8H2,1-3H3. The quantitative estimate of drug-likeness (QED) is 0.797. The molecule has 0 radical (unpaired) electrons. The van der Waals surface area contributed by atoms with Crippen LogP contribution in [0.4, 0.5) is 0 Å². The maximum atomic E-state index is 6.39. The summed E-state index contributed by atoms with van der Waals surface area (Å²) in [5.41, 5.74) is 3.46. The van der Waals surface area contributed by atoms with Crippen LogP contribution in [0.25, 0.3) is 0 Å². The summed E-state index contributed by atoms with van der Waals surface area (Å²) in [7, 11) is 0. The van der Waals surface area contributed by atoms with E-state index in [0.717, 1.165) is 29.7 Å². The lowest BCUT2D eigenvalue weighted by atomic mass is 10.0. The van der Waals surface area contributed by atoms with Crippen LogP contribution in [0, 0.1) is 6.92 Å². The Morgan fingerprint density at radius 2 is 2.14 bits per heavy atom. The van der Waals surface area contributed by atoms with E-state index in [9.17, 15) is 0 Å². The smallest absolute Gasteiger partial charge is 0.0837 e. The topological polar surface area (TPSA) is 29.9 Å². The highest BCUT2D eigenvalue weighted by Crippen LogP contribution is 2.30. The minimum Gasteiger partial charge on any atom is -0.305 e. The van der Waals surface area contributed by atoms with Gasteiger partial charge in [0.2, 0.25) is 0 Å². The van der Waals surface area contributed by atoms with Gasteiger partial charge < -0.3 is 5.32 Å². The Morgan fingerprint density at radius 3 is 2.76 bits per heavy atom. The fourth-order valence-electron chi connectivity index (χ4n) is 2.42. The molecule has 1 N–H and O–H groups in total. The van der Waals surface area contributed by atoms with E-state index in [2.05, 4.69) is 65.3 Å². The van der Waals surface area contributed by atoms with Crippen molar-refractivity contribution in [3.63, 3.8) is 0 Å². The lowest BCUT2D eigenvalue weighted by molar-refractivity contribution is 0.529. The molecule has 1 aromatic heterocycles. The third-order valence-electron chi connectivity index (χ3n) is 3.52. The molecule has 0 spiro atoms. The number of rotatable bonds is 6. The van der Waals surface area contributed by atoms with Crippen molar-refractivity contribution in [1.82, 2.24) is 15.1 Å². The van der Waals surface area contributed by atoms with E-state index in [-0.39, 0.29) is 6.04 Å². The van der Waals surface area contributed by atoms with Crippen LogP contribution in [-0.2, 0) is 6.54 Å². The van der Waals surface area contributed by atoms with Crippen molar-refractivity contribution >= 4 is 27.5 Å². The molecule has 5 heteroatoms. The maximum Gasteiger partial charge on any atom is 0.0837 e. The van der Waals surface area contributed by atoms with Gasteiger partial charge in [-0.15, -0.1) is 0 Å². The first-order valence-corrected chi connectivity index (χ1v) is 8.46. The summed E-state index contributed by atoms with van der Waals surface area (Å²) in [4.78, 5) is 0. The highest BCUT2D eigenvalue weighted by molar-refractivity contribution is 9.10. The average molecular weight is 371 g/mol. The number of benzene rings is 1. The molecular weight excluding hydrogens is 350 g/mol. The number of hydrogen-bond acceptors (Lipinski definition) is 2. The zero-order chi connectivity index (χ0) is 15.4. The molecule has 1 unspecified atom stereocenters. The van der Waals surface area contributed by atoms with Gasteiger partial charge in [-0.05, 0) is 44.0 Å². The van der Waals surface area contributed by atoms with Crippen LogP contribution in [0.1, 0.15) is 43.1 Å². The molecule has 0 amide bonds. The zero-order valence-electron chi connectivity index (χ0n) is 12.7. The fourth-order valence-corrected chi connectivity index (χ4v) is 2.92. The van der Waals surface area contributed by atoms with Crippen LogP contribution >= 0.6 is 27.5 Å². The van der Waals surface area contributed by atoms with Gasteiger partial charge in [0.25, 0.3) is 0 Å². The van der Waals surface area contributed by atoms with E-state index in [4.69, 9.17) is 11.6 Å². The molecule has 1 heterocycles. The molecule has 0 bridgehead atoms. The van der Waals surface area contributed by atoms with Gasteiger partial charge in [-0.25, -0.2) is 0 Å². The first-order chi connectivity index (χ1) is 10.1. The molecule has 21 heavy (non-hydrogen) atoms. The molecule has 0 aliphatic rings. The number of aromatic nitrogens is 2. The Hall–Kier alpha value is -0.840. The van der Waals surface area contributed by atoms with Crippen molar-refractivity contribution < 1.29 is 0 Å². The molecule has 2 aromatic rings. The second-order valence-corrected chi connectivity index (χ2v) is 6.35. The van der Waals surface area contributed by atoms with Gasteiger partial charge in [0.15, 0.2) is 0 Å². The van der Waals surface area contributed by atoms with E-state index in [1.807, 2.05) is 4.68 Å². The summed E-state index contributed by atoms with van der Waals surface area (Å²) < 4.78 is 3.09. The first-order valence-electron chi connectivity index (χ1n) is 7.29. The summed E-state index contributed by atoms with van der Waals surface area (Å²) in [5, 5.41) is 8.67. The highest BCUT2D eigenvalue weighted by Gasteiger charge is 2.21. The molecular formula is C16H21BrClN3. The predicted octanol–water partition coefficient (Wildman–Crippen LogP) is 4.72. The SMILES string of the molecule is CCCNC(c1ccc(Br)c(C)c1)c1c(Cl)cnn1CC. The second kappa shape index (κ2) is 7.43. The Bertz CT molecular complexity index is 610. The third kappa shape index (κ3) is 3.68. The van der Waals surface area contributed by atoms with Crippen molar-refractivity contribution in [2.45, 2.75) is 39.8 Å². The minimum atomic E-state index is 0.0618. The molecule has 0 aliphatic heterocycles. The van der Waals surface area contributed by atoms with Gasteiger partial charge in [0.1, 0.15) is 0 Å². The van der Waals surface area contributed by atoms with Crippen molar-refractivity contribution in [2.24, 2.45) is 0 Å². The van der Waals surface area contributed by atoms with Crippen LogP contribution in [0.15, 0.2) is 28.9 Å². The van der Waals surface area contributed by atoms with Gasteiger partial charge in [0, 0.05) is 11.0 Å². The molecule has 0 saturated heterocycles. The minimum absolute atomic E-state index is 0.0618. The van der Waals surface area contributed by atoms with Crippen LogP contribution in [0.2, 0.25) is 5.02 Å². The van der Waals surface area contributed by atoms with E-state index >= 15 is 0 Å². The monoisotopic (exact) mass is 369 g/mol. The van der Waals surface area contributed by atoms with Gasteiger partial charge in [-0.2, -0.15) is 5.10 Å². The Balaban J connectivity index is 2.46. The van der Waals surface area contributed by atoms with E-state index in [0.29, 0.717) is 5.02 Å². The molecule has 114 valence electrons. The van der Waals surface area contributed by atoms with Gasteiger partial charge >= 0.3 is 0 Å². The van der Waals surface area contributed by atoms with E-state index < -0.39 is 0 Å². The van der Waals surface area contributed by atoms with Crippen molar-refractivity contribution in [3.8, 4) is 0 Å².